The smallest absolute Gasteiger partial charge is 0.398 e. The molecule has 0 radical (unpaired) electrons. The first-order valence-corrected chi connectivity index (χ1v) is 13.7. The highest BCUT2D eigenvalue weighted by Crippen LogP contribution is 2.47. The summed E-state index contributed by atoms with van der Waals surface area (Å²) in [7, 11) is 0. The van der Waals surface area contributed by atoms with Crippen LogP contribution in [0, 0.1) is 5.82 Å². The van der Waals surface area contributed by atoms with Crippen molar-refractivity contribution in [1.29, 1.82) is 0 Å². The van der Waals surface area contributed by atoms with E-state index in [-0.39, 0.29) is 46.7 Å². The third kappa shape index (κ3) is 6.37. The second-order valence-electron chi connectivity index (χ2n) is 11.2. The summed E-state index contributed by atoms with van der Waals surface area (Å²) in [6, 6.07) is 8.99. The summed E-state index contributed by atoms with van der Waals surface area (Å²) < 4.78 is 82.9. The fourth-order valence-electron chi connectivity index (χ4n) is 4.84. The van der Waals surface area contributed by atoms with Crippen LogP contribution in [0.5, 0.6) is 11.5 Å². The second-order valence-corrected chi connectivity index (χ2v) is 11.2. The second kappa shape index (κ2) is 11.4. The molecule has 7 nitrogen and oxygen atoms in total. The standard InChI is InChI=1S/C31H31F5N4O3/c1-16(37)9-18-10-19(11-25(26(18)38)43-21-7-8-21)29(41)39-13-23(31(34,35)36)24-12-22-28(42-15-30(22,2)14-32)27(40-24)17-3-5-20(33)6-4-17/h3-6,9-12,21,23H,7-8,13-15,37-38H2,1-2H3,(H,39,41)/b16-9-. The summed E-state index contributed by atoms with van der Waals surface area (Å²) >= 11 is 0. The zero-order valence-electron chi connectivity index (χ0n) is 23.5. The molecule has 228 valence electrons. The van der Waals surface area contributed by atoms with Gasteiger partial charge in [0.1, 0.15) is 42.2 Å². The van der Waals surface area contributed by atoms with Crippen LogP contribution in [0.1, 0.15) is 59.8 Å². The summed E-state index contributed by atoms with van der Waals surface area (Å²) in [6.07, 6.45) is -1.70. The number of nitrogens with zero attached hydrogens (tertiary/aromatic N) is 1. The zero-order chi connectivity index (χ0) is 31.1. The highest BCUT2D eigenvalue weighted by Gasteiger charge is 2.45. The number of ether oxygens (including phenoxy) is 2. The molecule has 2 unspecified atom stereocenters. The molecule has 3 aromatic rings. The minimum atomic E-state index is -4.84. The number of carbonyl (C=O) groups is 1. The lowest BCUT2D eigenvalue weighted by atomic mass is 9.84. The molecule has 0 spiro atoms. The van der Waals surface area contributed by atoms with Gasteiger partial charge in [-0.1, -0.05) is 0 Å². The highest BCUT2D eigenvalue weighted by molar-refractivity contribution is 5.96. The minimum absolute atomic E-state index is 0.0271. The van der Waals surface area contributed by atoms with Gasteiger partial charge in [0.05, 0.1) is 22.9 Å². The van der Waals surface area contributed by atoms with E-state index in [2.05, 4.69) is 10.3 Å². The number of fused-ring (bicyclic) bond motifs is 1. The van der Waals surface area contributed by atoms with Gasteiger partial charge in [-0.2, -0.15) is 13.2 Å². The first kappa shape index (κ1) is 30.1. The molecule has 1 fully saturated rings. The lowest BCUT2D eigenvalue weighted by Crippen LogP contribution is -2.36. The molecule has 12 heteroatoms. The molecule has 5 rings (SSSR count). The Kier molecular flexibility index (Phi) is 7.97. The summed E-state index contributed by atoms with van der Waals surface area (Å²) in [6.45, 7) is 1.31. The van der Waals surface area contributed by atoms with Crippen molar-refractivity contribution in [1.82, 2.24) is 10.3 Å². The molecule has 1 aromatic heterocycles. The van der Waals surface area contributed by atoms with Gasteiger partial charge in [0.2, 0.25) is 0 Å². The number of rotatable bonds is 9. The minimum Gasteiger partial charge on any atom is -0.490 e. The number of alkyl halides is 4. The van der Waals surface area contributed by atoms with Crippen molar-refractivity contribution in [2.24, 2.45) is 5.73 Å². The fraction of sp³-hybridized carbons (Fsp3) is 0.355. The Labute approximate surface area is 245 Å². The Morgan fingerprint density at radius 1 is 1.23 bits per heavy atom. The van der Waals surface area contributed by atoms with Crippen LogP contribution in [-0.2, 0) is 5.41 Å². The molecule has 1 amide bonds. The normalized spacial score (nSPS) is 19.0. The van der Waals surface area contributed by atoms with Gasteiger partial charge in [0, 0.05) is 34.5 Å². The van der Waals surface area contributed by atoms with Crippen LogP contribution in [0.2, 0.25) is 0 Å². The summed E-state index contributed by atoms with van der Waals surface area (Å²) in [5, 5.41) is 2.37. The van der Waals surface area contributed by atoms with E-state index in [0.29, 0.717) is 16.8 Å². The Bertz CT molecular complexity index is 1570. The van der Waals surface area contributed by atoms with Gasteiger partial charge in [0.15, 0.2) is 0 Å². The number of pyridine rings is 1. The maximum atomic E-state index is 14.5. The number of nitrogen functional groups attached to an aromatic ring is 1. The van der Waals surface area contributed by atoms with Gasteiger partial charge in [-0.15, -0.1) is 0 Å². The van der Waals surface area contributed by atoms with E-state index in [0.717, 1.165) is 25.0 Å². The SMILES string of the molecule is C/C(N)=C/c1cc(C(=O)NCC(c2cc3c(c(-c4ccc(F)cc4)n2)OCC3(C)CF)C(F)(F)F)cc(OC2CC2)c1N. The highest BCUT2D eigenvalue weighted by atomic mass is 19.4. The van der Waals surface area contributed by atoms with E-state index in [1.165, 1.54) is 30.3 Å². The van der Waals surface area contributed by atoms with Crippen LogP contribution < -0.4 is 26.3 Å². The third-order valence-corrected chi connectivity index (χ3v) is 7.45. The van der Waals surface area contributed by atoms with Crippen LogP contribution in [0.25, 0.3) is 17.3 Å². The van der Waals surface area contributed by atoms with Crippen molar-refractivity contribution in [3.8, 4) is 22.8 Å². The van der Waals surface area contributed by atoms with Crippen LogP contribution in [0.15, 0.2) is 48.2 Å². The number of nitrogens with two attached hydrogens (primary N) is 2. The molecule has 2 atom stereocenters. The number of nitrogens with one attached hydrogen (secondary N) is 1. The molecule has 2 heterocycles. The number of halogens is 5. The van der Waals surface area contributed by atoms with E-state index in [1.54, 1.807) is 19.9 Å². The summed E-state index contributed by atoms with van der Waals surface area (Å²) in [4.78, 5) is 17.5. The molecule has 2 aromatic carbocycles. The molecule has 43 heavy (non-hydrogen) atoms. The number of carbonyl (C=O) groups excluding carboxylic acids is 1. The van der Waals surface area contributed by atoms with Crippen molar-refractivity contribution in [2.45, 2.75) is 50.3 Å². The number of benzene rings is 2. The van der Waals surface area contributed by atoms with Crippen molar-refractivity contribution < 1.29 is 36.2 Å². The number of aromatic nitrogens is 1. The molecule has 1 aliphatic carbocycles. The predicted octanol–water partition coefficient (Wildman–Crippen LogP) is 6.03. The fourth-order valence-corrected chi connectivity index (χ4v) is 4.84. The van der Waals surface area contributed by atoms with Crippen LogP contribution in [-0.4, -0.2) is 43.0 Å². The van der Waals surface area contributed by atoms with Crippen molar-refractivity contribution in [3.63, 3.8) is 0 Å². The third-order valence-electron chi connectivity index (χ3n) is 7.45. The average molecular weight is 603 g/mol. The van der Waals surface area contributed by atoms with E-state index >= 15 is 0 Å². The Balaban J connectivity index is 1.50. The van der Waals surface area contributed by atoms with Gasteiger partial charge in [-0.25, -0.2) is 13.8 Å². The maximum absolute atomic E-state index is 14.5. The first-order valence-electron chi connectivity index (χ1n) is 13.7. The van der Waals surface area contributed by atoms with Gasteiger partial charge in [-0.05, 0) is 75.2 Å². The number of hydrogen-bond acceptors (Lipinski definition) is 6. The molecular weight excluding hydrogens is 571 g/mol. The van der Waals surface area contributed by atoms with E-state index in [1.807, 2.05) is 0 Å². The molecule has 5 N–H and O–H groups in total. The number of anilines is 1. The van der Waals surface area contributed by atoms with Gasteiger partial charge >= 0.3 is 6.18 Å². The number of hydrogen-bond donors (Lipinski definition) is 3. The molecule has 0 bridgehead atoms. The van der Waals surface area contributed by atoms with Crippen LogP contribution >= 0.6 is 0 Å². The van der Waals surface area contributed by atoms with E-state index < -0.39 is 48.1 Å². The molecule has 1 saturated carbocycles. The Morgan fingerprint density at radius 3 is 2.53 bits per heavy atom. The van der Waals surface area contributed by atoms with Crippen molar-refractivity contribution in [3.05, 3.63) is 76.4 Å². The van der Waals surface area contributed by atoms with Gasteiger partial charge in [-0.3, -0.25) is 4.79 Å². The quantitative estimate of drug-likeness (QED) is 0.204. The Morgan fingerprint density at radius 2 is 1.93 bits per heavy atom. The van der Waals surface area contributed by atoms with E-state index in [9.17, 15) is 26.7 Å². The molecule has 1 aliphatic heterocycles. The Hall–Kier alpha value is -4.35. The van der Waals surface area contributed by atoms with Crippen LogP contribution in [0.4, 0.5) is 27.6 Å². The summed E-state index contributed by atoms with van der Waals surface area (Å²) in [5.41, 5.74) is 12.0. The summed E-state index contributed by atoms with van der Waals surface area (Å²) in [5.74, 6) is -3.22. The molecular formula is C31H31F5N4O3. The number of allylic oxidation sites excluding steroid dienone is 1. The first-order chi connectivity index (χ1) is 20.3. The molecule has 2 aliphatic rings. The zero-order valence-corrected chi connectivity index (χ0v) is 23.5. The lowest BCUT2D eigenvalue weighted by molar-refractivity contribution is -0.149. The van der Waals surface area contributed by atoms with Gasteiger partial charge < -0.3 is 26.3 Å². The monoisotopic (exact) mass is 602 g/mol. The molecule has 0 saturated heterocycles. The topological polar surface area (TPSA) is 112 Å². The van der Waals surface area contributed by atoms with Gasteiger partial charge in [0.25, 0.3) is 5.91 Å². The number of amides is 1. The van der Waals surface area contributed by atoms with Crippen molar-refractivity contribution >= 4 is 17.7 Å². The predicted molar refractivity (Wildman–Crippen MR) is 152 cm³/mol. The lowest BCUT2D eigenvalue weighted by Gasteiger charge is -2.24. The van der Waals surface area contributed by atoms with Crippen LogP contribution in [0.3, 0.4) is 0 Å². The van der Waals surface area contributed by atoms with E-state index in [4.69, 9.17) is 20.9 Å². The van der Waals surface area contributed by atoms with Crippen molar-refractivity contribution in [2.75, 3.05) is 25.6 Å². The maximum Gasteiger partial charge on any atom is 0.398 e. The average Bonchev–Trinajstić information content (AvgIpc) is 3.70. The largest absolute Gasteiger partial charge is 0.490 e.